The summed E-state index contributed by atoms with van der Waals surface area (Å²) in [6.07, 6.45) is 2.53. The highest BCUT2D eigenvalue weighted by molar-refractivity contribution is 7.14. The van der Waals surface area contributed by atoms with Gasteiger partial charge in [0.1, 0.15) is 10.9 Å². The molecule has 0 spiro atoms. The molecule has 5 heteroatoms. The monoisotopic (exact) mass is 228 g/mol. The number of furan rings is 1. The van der Waals surface area contributed by atoms with Gasteiger partial charge in [-0.25, -0.2) is 4.98 Å². The SMILES string of the molecule is Clc1csc(NCCc2ccco2)n1. The number of hydrogen-bond acceptors (Lipinski definition) is 4. The third kappa shape index (κ3) is 2.49. The van der Waals surface area contributed by atoms with E-state index in [-0.39, 0.29) is 0 Å². The van der Waals surface area contributed by atoms with Crippen LogP contribution in [0.5, 0.6) is 0 Å². The molecule has 0 aromatic carbocycles. The Labute approximate surface area is 90.7 Å². The molecule has 0 amide bonds. The third-order valence-electron chi connectivity index (χ3n) is 1.70. The number of nitrogens with zero attached hydrogens (tertiary/aromatic N) is 1. The molecule has 0 aliphatic carbocycles. The fourth-order valence-corrected chi connectivity index (χ4v) is 1.95. The van der Waals surface area contributed by atoms with Crippen LogP contribution in [-0.2, 0) is 6.42 Å². The predicted octanol–water partition coefficient (Wildman–Crippen LogP) is 3.04. The Hall–Kier alpha value is -1.00. The molecule has 0 saturated carbocycles. The number of nitrogens with one attached hydrogen (secondary N) is 1. The molecule has 74 valence electrons. The third-order valence-corrected chi connectivity index (χ3v) is 2.83. The van der Waals surface area contributed by atoms with Crippen LogP contribution in [-0.4, -0.2) is 11.5 Å². The molecule has 0 radical (unpaired) electrons. The van der Waals surface area contributed by atoms with E-state index in [0.29, 0.717) is 5.15 Å². The number of aromatic nitrogens is 1. The molecule has 0 unspecified atom stereocenters. The van der Waals surface area contributed by atoms with Crippen molar-refractivity contribution in [2.24, 2.45) is 0 Å². The lowest BCUT2D eigenvalue weighted by molar-refractivity contribution is 0.513. The molecule has 0 atom stereocenters. The summed E-state index contributed by atoms with van der Waals surface area (Å²) in [4.78, 5) is 4.07. The molecule has 0 saturated heterocycles. The summed E-state index contributed by atoms with van der Waals surface area (Å²) in [6.45, 7) is 0.803. The highest BCUT2D eigenvalue weighted by Crippen LogP contribution is 2.18. The van der Waals surface area contributed by atoms with Crippen LogP contribution in [0.4, 0.5) is 5.13 Å². The zero-order valence-electron chi connectivity index (χ0n) is 7.37. The van der Waals surface area contributed by atoms with Gasteiger partial charge in [-0.15, -0.1) is 11.3 Å². The minimum atomic E-state index is 0.537. The molecule has 2 heterocycles. The van der Waals surface area contributed by atoms with Crippen molar-refractivity contribution < 1.29 is 4.42 Å². The Balaban J connectivity index is 1.78. The van der Waals surface area contributed by atoms with Gasteiger partial charge in [0, 0.05) is 18.3 Å². The molecule has 0 fully saturated rings. The van der Waals surface area contributed by atoms with Gasteiger partial charge < -0.3 is 9.73 Å². The van der Waals surface area contributed by atoms with Crippen molar-refractivity contribution in [3.63, 3.8) is 0 Å². The second-order valence-corrected chi connectivity index (χ2v) is 3.98. The smallest absolute Gasteiger partial charge is 0.184 e. The molecular formula is C9H9ClN2OS. The van der Waals surface area contributed by atoms with Gasteiger partial charge >= 0.3 is 0 Å². The van der Waals surface area contributed by atoms with Crippen molar-refractivity contribution in [3.8, 4) is 0 Å². The largest absolute Gasteiger partial charge is 0.469 e. The van der Waals surface area contributed by atoms with Crippen LogP contribution in [0.3, 0.4) is 0 Å². The predicted molar refractivity (Wildman–Crippen MR) is 58.0 cm³/mol. The standard InChI is InChI=1S/C9H9ClN2OS/c10-8-6-14-9(12-8)11-4-3-7-2-1-5-13-7/h1-2,5-6H,3-4H2,(H,11,12). The summed E-state index contributed by atoms with van der Waals surface area (Å²) < 4.78 is 5.19. The molecular weight excluding hydrogens is 220 g/mol. The minimum Gasteiger partial charge on any atom is -0.469 e. The summed E-state index contributed by atoms with van der Waals surface area (Å²) in [6, 6.07) is 3.84. The first-order chi connectivity index (χ1) is 6.84. The van der Waals surface area contributed by atoms with Crippen LogP contribution in [0.2, 0.25) is 5.15 Å². The molecule has 2 aromatic heterocycles. The number of anilines is 1. The van der Waals surface area contributed by atoms with Gasteiger partial charge in [0.05, 0.1) is 6.26 Å². The summed E-state index contributed by atoms with van der Waals surface area (Å²) >= 11 is 7.18. The highest BCUT2D eigenvalue weighted by atomic mass is 35.5. The lowest BCUT2D eigenvalue weighted by Crippen LogP contribution is -2.03. The van der Waals surface area contributed by atoms with Crippen molar-refractivity contribution in [2.45, 2.75) is 6.42 Å². The first-order valence-corrected chi connectivity index (χ1v) is 5.47. The van der Waals surface area contributed by atoms with Gasteiger partial charge in [0.25, 0.3) is 0 Å². The van der Waals surface area contributed by atoms with Gasteiger partial charge in [-0.05, 0) is 12.1 Å². The Bertz CT molecular complexity index is 385. The van der Waals surface area contributed by atoms with Crippen LogP contribution in [0.25, 0.3) is 0 Å². The van der Waals surface area contributed by atoms with Crippen molar-refractivity contribution >= 4 is 28.1 Å². The number of halogens is 1. The summed E-state index contributed by atoms with van der Waals surface area (Å²) in [5, 5.41) is 6.36. The second kappa shape index (κ2) is 4.48. The Morgan fingerprint density at radius 3 is 3.14 bits per heavy atom. The van der Waals surface area contributed by atoms with Crippen molar-refractivity contribution in [1.82, 2.24) is 4.98 Å². The Morgan fingerprint density at radius 1 is 1.57 bits per heavy atom. The van der Waals surface area contributed by atoms with Gasteiger partial charge in [-0.3, -0.25) is 0 Å². The van der Waals surface area contributed by atoms with Crippen molar-refractivity contribution in [2.75, 3.05) is 11.9 Å². The molecule has 1 N–H and O–H groups in total. The van der Waals surface area contributed by atoms with E-state index in [2.05, 4.69) is 10.3 Å². The lowest BCUT2D eigenvalue weighted by atomic mass is 10.3. The van der Waals surface area contributed by atoms with E-state index in [4.69, 9.17) is 16.0 Å². The van der Waals surface area contributed by atoms with Gasteiger partial charge in [-0.2, -0.15) is 0 Å². The number of thiazole rings is 1. The maximum atomic E-state index is 5.68. The average molecular weight is 229 g/mol. The first kappa shape index (κ1) is 9.55. The molecule has 0 bridgehead atoms. The molecule has 14 heavy (non-hydrogen) atoms. The summed E-state index contributed by atoms with van der Waals surface area (Å²) in [7, 11) is 0. The molecule has 2 rings (SSSR count). The van der Waals surface area contributed by atoms with E-state index in [0.717, 1.165) is 23.9 Å². The van der Waals surface area contributed by atoms with E-state index in [1.54, 1.807) is 11.6 Å². The van der Waals surface area contributed by atoms with E-state index >= 15 is 0 Å². The topological polar surface area (TPSA) is 38.1 Å². The van der Waals surface area contributed by atoms with Crippen molar-refractivity contribution in [3.05, 3.63) is 34.7 Å². The Kier molecular flexibility index (Phi) is 3.06. The van der Waals surface area contributed by atoms with Crippen LogP contribution < -0.4 is 5.32 Å². The molecule has 0 aliphatic rings. The van der Waals surface area contributed by atoms with Gasteiger partial charge in [0.15, 0.2) is 5.13 Å². The maximum Gasteiger partial charge on any atom is 0.184 e. The number of hydrogen-bond donors (Lipinski definition) is 1. The second-order valence-electron chi connectivity index (χ2n) is 2.73. The number of rotatable bonds is 4. The van der Waals surface area contributed by atoms with Crippen LogP contribution >= 0.6 is 22.9 Å². The fraction of sp³-hybridized carbons (Fsp3) is 0.222. The zero-order valence-corrected chi connectivity index (χ0v) is 8.94. The molecule has 2 aromatic rings. The zero-order chi connectivity index (χ0) is 9.80. The fourth-order valence-electron chi connectivity index (χ4n) is 1.08. The van der Waals surface area contributed by atoms with E-state index in [1.165, 1.54) is 11.3 Å². The summed E-state index contributed by atoms with van der Waals surface area (Å²) in [5.74, 6) is 0.972. The Morgan fingerprint density at radius 2 is 2.50 bits per heavy atom. The van der Waals surface area contributed by atoms with Gasteiger partial charge in [-0.1, -0.05) is 11.6 Å². The van der Waals surface area contributed by atoms with Gasteiger partial charge in [0.2, 0.25) is 0 Å². The van der Waals surface area contributed by atoms with Crippen LogP contribution in [0.15, 0.2) is 28.2 Å². The average Bonchev–Trinajstić information content (AvgIpc) is 2.77. The van der Waals surface area contributed by atoms with Crippen LogP contribution in [0, 0.1) is 0 Å². The van der Waals surface area contributed by atoms with Crippen LogP contribution in [0.1, 0.15) is 5.76 Å². The molecule has 3 nitrogen and oxygen atoms in total. The van der Waals surface area contributed by atoms with Crippen molar-refractivity contribution in [1.29, 1.82) is 0 Å². The van der Waals surface area contributed by atoms with E-state index in [9.17, 15) is 0 Å². The van der Waals surface area contributed by atoms with E-state index in [1.807, 2.05) is 12.1 Å². The summed E-state index contributed by atoms with van der Waals surface area (Å²) in [5.41, 5.74) is 0. The minimum absolute atomic E-state index is 0.537. The maximum absolute atomic E-state index is 5.68. The first-order valence-electron chi connectivity index (χ1n) is 4.22. The quantitative estimate of drug-likeness (QED) is 0.874. The highest BCUT2D eigenvalue weighted by Gasteiger charge is 1.99. The lowest BCUT2D eigenvalue weighted by Gasteiger charge is -1.99. The molecule has 0 aliphatic heterocycles. The normalized spacial score (nSPS) is 10.4. The van der Waals surface area contributed by atoms with E-state index < -0.39 is 0 Å².